The highest BCUT2D eigenvalue weighted by Gasteiger charge is 2.35. The fraction of sp³-hybridized carbons (Fsp3) is 0.519. The maximum absolute atomic E-state index is 11.1. The summed E-state index contributed by atoms with van der Waals surface area (Å²) < 4.78 is 30.5. The van der Waals surface area contributed by atoms with Gasteiger partial charge in [-0.1, -0.05) is 32.0 Å². The summed E-state index contributed by atoms with van der Waals surface area (Å²) in [5.74, 6) is 0.469. The van der Waals surface area contributed by atoms with Crippen LogP contribution in [0.5, 0.6) is 5.88 Å². The number of fused-ring (bicyclic) bond motifs is 1. The van der Waals surface area contributed by atoms with Crippen LogP contribution in [-0.4, -0.2) is 52.8 Å². The van der Waals surface area contributed by atoms with Gasteiger partial charge in [0.2, 0.25) is 15.9 Å². The van der Waals surface area contributed by atoms with Crippen LogP contribution < -0.4 is 9.46 Å². The summed E-state index contributed by atoms with van der Waals surface area (Å²) >= 11 is 1.64. The van der Waals surface area contributed by atoms with Crippen molar-refractivity contribution in [3.63, 3.8) is 0 Å². The van der Waals surface area contributed by atoms with E-state index >= 15 is 0 Å². The lowest BCUT2D eigenvalue weighted by molar-refractivity contribution is -0.129. The van der Waals surface area contributed by atoms with Crippen molar-refractivity contribution in [1.29, 1.82) is 0 Å². The quantitative estimate of drug-likeness (QED) is 0.396. The van der Waals surface area contributed by atoms with Gasteiger partial charge in [-0.15, -0.1) is 11.3 Å². The van der Waals surface area contributed by atoms with E-state index in [0.29, 0.717) is 5.88 Å². The zero-order valence-electron chi connectivity index (χ0n) is 22.6. The van der Waals surface area contributed by atoms with Crippen LogP contribution in [0.1, 0.15) is 61.3 Å². The smallest absolute Gasteiger partial charge is 0.242 e. The first kappa shape index (κ1) is 30.8. The van der Waals surface area contributed by atoms with Gasteiger partial charge in [0, 0.05) is 12.0 Å². The van der Waals surface area contributed by atoms with E-state index in [1.807, 2.05) is 69.5 Å². The van der Waals surface area contributed by atoms with Gasteiger partial charge in [0.25, 0.3) is 0 Å². The summed E-state index contributed by atoms with van der Waals surface area (Å²) in [7, 11) is -2.94. The number of carbonyl (C=O) groups excluding carboxylic acids is 1. The zero-order chi connectivity index (χ0) is 27.8. The molecule has 3 aromatic rings. The second-order valence-corrected chi connectivity index (χ2v) is 12.7. The molecule has 1 saturated carbocycles. The maximum atomic E-state index is 11.1. The molecule has 204 valence electrons. The van der Waals surface area contributed by atoms with Gasteiger partial charge in [-0.25, -0.2) is 23.1 Å². The zero-order valence-corrected chi connectivity index (χ0v) is 24.3. The van der Waals surface area contributed by atoms with Crippen LogP contribution in [0, 0.1) is 5.92 Å². The number of hydrogen-bond donors (Lipinski definition) is 2. The van der Waals surface area contributed by atoms with E-state index in [1.54, 1.807) is 25.2 Å². The number of para-hydroxylation sites is 2. The monoisotopic (exact) mass is 549 g/mol. The highest BCUT2D eigenvalue weighted by atomic mass is 32.2. The highest BCUT2D eigenvalue weighted by molar-refractivity contribution is 7.90. The average molecular weight is 550 g/mol. The van der Waals surface area contributed by atoms with Crippen molar-refractivity contribution in [2.75, 3.05) is 0 Å². The number of hydrogen-bond acceptors (Lipinski definition) is 8. The number of nitrogens with one attached hydrogen (secondary N) is 1. The molecule has 4 rings (SSSR count). The Balaban J connectivity index is 0.000000225. The number of ketones is 1. The van der Waals surface area contributed by atoms with Crippen LogP contribution in [0.3, 0.4) is 0 Å². The predicted molar refractivity (Wildman–Crippen MR) is 150 cm³/mol. The number of nitrogens with zero attached hydrogens (tertiary/aromatic N) is 2. The number of Topliss-reactive ketones (excluding diaryl/α,β-unsaturated/α-hetero) is 1. The molecule has 2 heterocycles. The number of ether oxygens (including phenoxy) is 1. The molecule has 0 amide bonds. The van der Waals surface area contributed by atoms with Gasteiger partial charge in [-0.2, -0.15) is 0 Å². The topological polar surface area (TPSA) is 118 Å². The van der Waals surface area contributed by atoms with E-state index in [4.69, 9.17) is 14.8 Å². The SMILES string of the molecule is CC(C)C(=O)[C@H](C)O.CC(C)NS(=O)(=O)C1CC1.CC(C)Oc1nc2ccccc2nc1-c1cccs1. The van der Waals surface area contributed by atoms with Crippen LogP contribution >= 0.6 is 11.3 Å². The normalized spacial score (nSPS) is 14.1. The van der Waals surface area contributed by atoms with E-state index in [2.05, 4.69) is 9.71 Å². The van der Waals surface area contributed by atoms with Crippen molar-refractivity contribution >= 4 is 38.2 Å². The second-order valence-electron chi connectivity index (χ2n) is 9.76. The number of thiophene rings is 1. The Bertz CT molecular complexity index is 1230. The number of benzene rings is 1. The average Bonchev–Trinajstić information content (AvgIpc) is 3.54. The number of aromatic nitrogens is 2. The van der Waals surface area contributed by atoms with Crippen LogP contribution in [0.2, 0.25) is 0 Å². The molecule has 2 N–H and O–H groups in total. The van der Waals surface area contributed by atoms with Gasteiger partial charge >= 0.3 is 0 Å². The molecule has 37 heavy (non-hydrogen) atoms. The molecule has 8 nitrogen and oxygen atoms in total. The van der Waals surface area contributed by atoms with Crippen molar-refractivity contribution < 1.29 is 23.1 Å². The fourth-order valence-corrected chi connectivity index (χ4v) is 5.46. The first-order chi connectivity index (χ1) is 17.3. The third kappa shape index (κ3) is 10.1. The summed E-state index contributed by atoms with van der Waals surface area (Å²) in [6.07, 6.45) is 0.952. The van der Waals surface area contributed by atoms with Crippen LogP contribution in [-0.2, 0) is 14.8 Å². The number of rotatable bonds is 8. The lowest BCUT2D eigenvalue weighted by Crippen LogP contribution is -2.32. The minimum Gasteiger partial charge on any atom is -0.473 e. The number of aliphatic hydroxyl groups excluding tert-OH is 1. The molecule has 1 aromatic carbocycles. The Morgan fingerprint density at radius 3 is 2.00 bits per heavy atom. The molecule has 1 atom stereocenters. The van der Waals surface area contributed by atoms with Crippen molar-refractivity contribution in [3.05, 3.63) is 41.8 Å². The molecule has 1 aliphatic carbocycles. The molecule has 0 bridgehead atoms. The maximum Gasteiger partial charge on any atom is 0.242 e. The molecule has 1 fully saturated rings. The van der Waals surface area contributed by atoms with E-state index in [9.17, 15) is 13.2 Å². The lowest BCUT2D eigenvalue weighted by Gasteiger charge is -2.12. The summed E-state index contributed by atoms with van der Waals surface area (Å²) in [6.45, 7) is 12.7. The Morgan fingerprint density at radius 2 is 1.59 bits per heavy atom. The van der Waals surface area contributed by atoms with Gasteiger partial charge in [0.05, 0.1) is 27.3 Å². The minimum absolute atomic E-state index is 0.0330. The lowest BCUT2D eigenvalue weighted by atomic mass is 10.1. The molecule has 0 spiro atoms. The van der Waals surface area contributed by atoms with E-state index in [-0.39, 0.29) is 29.1 Å². The van der Waals surface area contributed by atoms with Crippen molar-refractivity contribution in [1.82, 2.24) is 14.7 Å². The molecular weight excluding hydrogens is 510 g/mol. The van der Waals surface area contributed by atoms with Crippen molar-refractivity contribution in [2.24, 2.45) is 5.92 Å². The molecule has 0 saturated heterocycles. The van der Waals surface area contributed by atoms with Crippen LogP contribution in [0.25, 0.3) is 21.6 Å². The van der Waals surface area contributed by atoms with E-state index in [1.165, 1.54) is 6.92 Å². The van der Waals surface area contributed by atoms with Gasteiger partial charge in [0.1, 0.15) is 11.8 Å². The predicted octanol–water partition coefficient (Wildman–Crippen LogP) is 5.21. The first-order valence-electron chi connectivity index (χ1n) is 12.5. The Morgan fingerprint density at radius 1 is 1.00 bits per heavy atom. The molecule has 0 aliphatic heterocycles. The Labute approximate surface area is 224 Å². The molecule has 1 aliphatic rings. The summed E-state index contributed by atoms with van der Waals surface area (Å²) in [4.78, 5) is 21.0. The summed E-state index contributed by atoms with van der Waals surface area (Å²) in [5, 5.41) is 10.6. The van der Waals surface area contributed by atoms with Crippen LogP contribution in [0.4, 0.5) is 0 Å². The van der Waals surface area contributed by atoms with E-state index in [0.717, 1.165) is 34.4 Å². The third-order valence-electron chi connectivity index (χ3n) is 4.98. The van der Waals surface area contributed by atoms with Gasteiger partial charge in [-0.3, -0.25) is 4.79 Å². The largest absolute Gasteiger partial charge is 0.473 e. The standard InChI is InChI=1S/C15H14N2OS.C6H13NO2S.C6H12O2/c1-10(2)18-15-14(13-8-5-9-19-13)16-11-6-3-4-7-12(11)17-15;1-5(2)7-10(8,9)6-3-4-6;1-4(2)6(8)5(3)7/h3-10H,1-2H3;5-7H,3-4H2,1-2H3;4-5,7H,1-3H3/t;;5-/m..0/s1. The van der Waals surface area contributed by atoms with Gasteiger partial charge in [-0.05, 0) is 71.0 Å². The first-order valence-corrected chi connectivity index (χ1v) is 14.9. The summed E-state index contributed by atoms with van der Waals surface area (Å²) in [6, 6.07) is 11.9. The van der Waals surface area contributed by atoms with Crippen molar-refractivity contribution in [2.45, 2.75) is 84.8 Å². The Hall–Kier alpha value is -2.40. The molecule has 0 unspecified atom stereocenters. The molecule has 10 heteroatoms. The number of carbonyl (C=O) groups is 1. The van der Waals surface area contributed by atoms with E-state index < -0.39 is 16.1 Å². The molecular formula is C27H39N3O5S2. The van der Waals surface area contributed by atoms with Gasteiger partial charge < -0.3 is 9.84 Å². The van der Waals surface area contributed by atoms with Crippen molar-refractivity contribution in [3.8, 4) is 16.5 Å². The molecule has 0 radical (unpaired) electrons. The Kier molecular flexibility index (Phi) is 11.6. The minimum atomic E-state index is -2.94. The third-order valence-corrected chi connectivity index (χ3v) is 8.01. The highest BCUT2D eigenvalue weighted by Crippen LogP contribution is 2.32. The second kappa shape index (κ2) is 13.9. The fourth-order valence-electron chi connectivity index (χ4n) is 3.15. The summed E-state index contributed by atoms with van der Waals surface area (Å²) in [5.41, 5.74) is 2.57. The van der Waals surface area contributed by atoms with Gasteiger partial charge in [0.15, 0.2) is 5.78 Å². The van der Waals surface area contributed by atoms with Crippen LogP contribution in [0.15, 0.2) is 41.8 Å². The molecule has 2 aromatic heterocycles. The number of sulfonamides is 1. The number of aliphatic hydroxyl groups is 1.